The van der Waals surface area contributed by atoms with Crippen LogP contribution >= 0.6 is 11.3 Å². The van der Waals surface area contributed by atoms with Crippen LogP contribution in [0.2, 0.25) is 0 Å². The molecule has 8 heteroatoms. The van der Waals surface area contributed by atoms with Crippen molar-refractivity contribution < 1.29 is 14.3 Å². The summed E-state index contributed by atoms with van der Waals surface area (Å²) >= 11 is 1.38. The number of fused-ring (bicyclic) bond motifs is 1. The molecule has 0 aliphatic carbocycles. The van der Waals surface area contributed by atoms with Gasteiger partial charge in [-0.25, -0.2) is 14.8 Å². The van der Waals surface area contributed by atoms with Crippen LogP contribution in [0.15, 0.2) is 0 Å². The third kappa shape index (κ3) is 4.54. The molecule has 0 spiro atoms. The fourth-order valence-electron chi connectivity index (χ4n) is 4.73. The number of hydrogen-bond acceptors (Lipinski definition) is 7. The first kappa shape index (κ1) is 22.0. The molecule has 31 heavy (non-hydrogen) atoms. The van der Waals surface area contributed by atoms with Crippen molar-refractivity contribution in [3.63, 3.8) is 0 Å². The van der Waals surface area contributed by atoms with Gasteiger partial charge in [0.2, 0.25) is 5.91 Å². The predicted molar refractivity (Wildman–Crippen MR) is 123 cm³/mol. The van der Waals surface area contributed by atoms with Gasteiger partial charge in [-0.05, 0) is 52.0 Å². The zero-order valence-corrected chi connectivity index (χ0v) is 19.6. The number of thiophene rings is 1. The summed E-state index contributed by atoms with van der Waals surface area (Å²) in [6.07, 6.45) is 6.41. The summed E-state index contributed by atoms with van der Waals surface area (Å²) in [5.74, 6) is 1.72. The number of hydrogen-bond donors (Lipinski definition) is 0. The molecule has 2 fully saturated rings. The zero-order valence-electron chi connectivity index (χ0n) is 18.8. The van der Waals surface area contributed by atoms with Crippen molar-refractivity contribution in [3.05, 3.63) is 16.3 Å². The number of piperidine rings is 1. The highest BCUT2D eigenvalue weighted by molar-refractivity contribution is 7.20. The van der Waals surface area contributed by atoms with Gasteiger partial charge in [-0.2, -0.15) is 0 Å². The number of esters is 1. The molecule has 168 valence electrons. The summed E-state index contributed by atoms with van der Waals surface area (Å²) in [5, 5.41) is 0.941. The maximum atomic E-state index is 13.0. The van der Waals surface area contributed by atoms with E-state index in [1.807, 2.05) is 20.8 Å². The van der Waals surface area contributed by atoms with Gasteiger partial charge in [0.25, 0.3) is 0 Å². The summed E-state index contributed by atoms with van der Waals surface area (Å²) in [6, 6.07) is 0. The Balaban J connectivity index is 1.53. The van der Waals surface area contributed by atoms with E-state index in [-0.39, 0.29) is 11.9 Å². The number of anilines is 1. The van der Waals surface area contributed by atoms with Crippen LogP contribution in [0.25, 0.3) is 10.2 Å². The van der Waals surface area contributed by atoms with E-state index in [4.69, 9.17) is 9.72 Å². The Morgan fingerprint density at radius 2 is 1.71 bits per heavy atom. The Morgan fingerprint density at radius 3 is 2.35 bits per heavy atom. The van der Waals surface area contributed by atoms with Crippen molar-refractivity contribution in [2.45, 2.75) is 59.3 Å². The van der Waals surface area contributed by atoms with Gasteiger partial charge in [-0.15, -0.1) is 11.3 Å². The highest BCUT2D eigenvalue weighted by Gasteiger charge is 2.31. The van der Waals surface area contributed by atoms with Gasteiger partial charge in [0.05, 0.1) is 12.0 Å². The smallest absolute Gasteiger partial charge is 0.348 e. The number of carbonyl (C=O) groups is 2. The number of amides is 1. The number of likely N-dealkylation sites (tertiary alicyclic amines) is 1. The molecule has 2 aromatic rings. The molecule has 0 atom stereocenters. The molecule has 2 aromatic heterocycles. The highest BCUT2D eigenvalue weighted by Crippen LogP contribution is 2.37. The van der Waals surface area contributed by atoms with E-state index >= 15 is 0 Å². The Morgan fingerprint density at radius 1 is 1.03 bits per heavy atom. The number of nitrogens with zero attached hydrogens (tertiary/aromatic N) is 4. The lowest BCUT2D eigenvalue weighted by molar-refractivity contribution is -0.136. The van der Waals surface area contributed by atoms with Crippen molar-refractivity contribution in [2.24, 2.45) is 5.92 Å². The number of rotatable bonds is 4. The third-order valence-electron chi connectivity index (χ3n) is 6.41. The van der Waals surface area contributed by atoms with E-state index in [0.717, 1.165) is 73.5 Å². The van der Waals surface area contributed by atoms with Crippen LogP contribution in [0.3, 0.4) is 0 Å². The average Bonchev–Trinajstić information content (AvgIpc) is 2.94. The van der Waals surface area contributed by atoms with Crippen molar-refractivity contribution in [2.75, 3.05) is 37.7 Å². The molecule has 0 aromatic carbocycles. The zero-order chi connectivity index (χ0) is 22.0. The van der Waals surface area contributed by atoms with E-state index in [1.54, 1.807) is 0 Å². The first-order valence-corrected chi connectivity index (χ1v) is 12.3. The Bertz CT molecular complexity index is 957. The molecule has 0 saturated carbocycles. The minimum atomic E-state index is -0.298. The number of aryl methyl sites for hydroxylation is 2. The standard InChI is InChI=1S/C23H32N4O3S/c1-4-30-23(29)19-15(2)18-20(24-16(3)25-21(18)31-19)26-13-9-17(10-14-26)22(28)27-11-7-5-6-8-12-27/h17H,4-14H2,1-3H3. The molecular weight excluding hydrogens is 412 g/mol. The molecule has 0 unspecified atom stereocenters. The molecule has 2 saturated heterocycles. The summed E-state index contributed by atoms with van der Waals surface area (Å²) in [4.78, 5) is 40.5. The first-order valence-electron chi connectivity index (χ1n) is 11.5. The van der Waals surface area contributed by atoms with E-state index < -0.39 is 0 Å². The van der Waals surface area contributed by atoms with E-state index in [9.17, 15) is 9.59 Å². The SMILES string of the molecule is CCOC(=O)c1sc2nc(C)nc(N3CCC(C(=O)N4CCCCCC4)CC3)c2c1C. The maximum absolute atomic E-state index is 13.0. The number of carbonyl (C=O) groups excluding carboxylic acids is 2. The van der Waals surface area contributed by atoms with Crippen LogP contribution in [0.4, 0.5) is 5.82 Å². The minimum absolute atomic E-state index is 0.103. The van der Waals surface area contributed by atoms with Crippen LogP contribution in [0, 0.1) is 19.8 Å². The van der Waals surface area contributed by atoms with Gasteiger partial charge in [-0.1, -0.05) is 12.8 Å². The normalized spacial score (nSPS) is 18.3. The molecular formula is C23H32N4O3S. The molecule has 2 aliphatic heterocycles. The van der Waals surface area contributed by atoms with Crippen LogP contribution in [0.1, 0.15) is 66.5 Å². The van der Waals surface area contributed by atoms with E-state index in [1.165, 1.54) is 24.2 Å². The fraction of sp³-hybridized carbons (Fsp3) is 0.652. The lowest BCUT2D eigenvalue weighted by Crippen LogP contribution is -2.43. The number of ether oxygens (including phenoxy) is 1. The molecule has 2 aliphatic rings. The van der Waals surface area contributed by atoms with Crippen molar-refractivity contribution >= 4 is 39.2 Å². The second-order valence-electron chi connectivity index (χ2n) is 8.55. The van der Waals surface area contributed by atoms with Crippen LogP contribution < -0.4 is 4.90 Å². The Hall–Kier alpha value is -2.22. The fourth-order valence-corrected chi connectivity index (χ4v) is 5.84. The van der Waals surface area contributed by atoms with Crippen LogP contribution in [-0.4, -0.2) is 59.5 Å². The number of aromatic nitrogens is 2. The summed E-state index contributed by atoms with van der Waals surface area (Å²) < 4.78 is 5.23. The highest BCUT2D eigenvalue weighted by atomic mass is 32.1. The van der Waals surface area contributed by atoms with Crippen molar-refractivity contribution in [1.29, 1.82) is 0 Å². The lowest BCUT2D eigenvalue weighted by atomic mass is 9.95. The van der Waals surface area contributed by atoms with Gasteiger partial charge in [0.1, 0.15) is 21.3 Å². The summed E-state index contributed by atoms with van der Waals surface area (Å²) in [5.41, 5.74) is 0.885. The van der Waals surface area contributed by atoms with E-state index in [0.29, 0.717) is 23.2 Å². The molecule has 0 N–H and O–H groups in total. The van der Waals surface area contributed by atoms with Gasteiger partial charge >= 0.3 is 5.97 Å². The van der Waals surface area contributed by atoms with Gasteiger partial charge < -0.3 is 14.5 Å². The predicted octanol–water partition coefficient (Wildman–Crippen LogP) is 4.10. The van der Waals surface area contributed by atoms with Crippen LogP contribution in [-0.2, 0) is 9.53 Å². The van der Waals surface area contributed by atoms with Gasteiger partial charge in [-0.3, -0.25) is 4.79 Å². The minimum Gasteiger partial charge on any atom is -0.462 e. The Labute approximate surface area is 187 Å². The van der Waals surface area contributed by atoms with Gasteiger partial charge in [0.15, 0.2) is 0 Å². The van der Waals surface area contributed by atoms with E-state index in [2.05, 4.69) is 14.8 Å². The second kappa shape index (κ2) is 9.51. The molecule has 4 heterocycles. The second-order valence-corrected chi connectivity index (χ2v) is 9.55. The van der Waals surface area contributed by atoms with Crippen molar-refractivity contribution in [3.8, 4) is 0 Å². The maximum Gasteiger partial charge on any atom is 0.348 e. The average molecular weight is 445 g/mol. The monoisotopic (exact) mass is 444 g/mol. The molecule has 1 amide bonds. The molecule has 0 bridgehead atoms. The third-order valence-corrected chi connectivity index (χ3v) is 7.57. The van der Waals surface area contributed by atoms with Crippen molar-refractivity contribution in [1.82, 2.24) is 14.9 Å². The van der Waals surface area contributed by atoms with Gasteiger partial charge in [0, 0.05) is 32.1 Å². The summed E-state index contributed by atoms with van der Waals surface area (Å²) in [7, 11) is 0. The lowest BCUT2D eigenvalue weighted by Gasteiger charge is -2.35. The molecule has 0 radical (unpaired) electrons. The topological polar surface area (TPSA) is 75.6 Å². The Kier molecular flexibility index (Phi) is 6.74. The largest absolute Gasteiger partial charge is 0.462 e. The first-order chi connectivity index (χ1) is 15.0. The molecule has 4 rings (SSSR count). The quantitative estimate of drug-likeness (QED) is 0.661. The van der Waals surface area contributed by atoms with Crippen LogP contribution in [0.5, 0.6) is 0 Å². The summed E-state index contributed by atoms with van der Waals surface area (Å²) in [6.45, 7) is 9.40. The molecule has 7 nitrogen and oxygen atoms in total.